The number of nitrogen functional groups attached to an aromatic ring is 1. The molecule has 19 heavy (non-hydrogen) atoms. The van der Waals surface area contributed by atoms with Crippen LogP contribution in [0.2, 0.25) is 5.15 Å². The fraction of sp³-hybridized carbons (Fsp3) is 0. The van der Waals surface area contributed by atoms with E-state index in [9.17, 15) is 13.6 Å². The van der Waals surface area contributed by atoms with Crippen molar-refractivity contribution in [3.63, 3.8) is 0 Å². The molecule has 0 aliphatic rings. The van der Waals surface area contributed by atoms with Crippen molar-refractivity contribution in [3.05, 3.63) is 52.7 Å². The SMILES string of the molecule is Nc1cc(C(=O)Nc2cccc(F)c2F)cc(Cl)n1. The van der Waals surface area contributed by atoms with Crippen molar-refractivity contribution in [2.75, 3.05) is 11.1 Å². The van der Waals surface area contributed by atoms with Gasteiger partial charge >= 0.3 is 0 Å². The molecule has 2 aromatic rings. The highest BCUT2D eigenvalue weighted by Crippen LogP contribution is 2.19. The Morgan fingerprint density at radius 1 is 1.32 bits per heavy atom. The molecule has 0 fully saturated rings. The minimum absolute atomic E-state index is 0.0323. The minimum atomic E-state index is -1.14. The van der Waals surface area contributed by atoms with Crippen molar-refractivity contribution in [2.45, 2.75) is 0 Å². The van der Waals surface area contributed by atoms with Crippen LogP contribution in [0.4, 0.5) is 20.3 Å². The first-order chi connectivity index (χ1) is 8.97. The molecule has 0 radical (unpaired) electrons. The molecule has 0 spiro atoms. The van der Waals surface area contributed by atoms with E-state index in [1.807, 2.05) is 0 Å². The van der Waals surface area contributed by atoms with E-state index in [1.54, 1.807) is 0 Å². The van der Waals surface area contributed by atoms with Crippen LogP contribution in [0, 0.1) is 11.6 Å². The molecule has 0 atom stereocenters. The van der Waals surface area contributed by atoms with E-state index in [0.717, 1.165) is 6.07 Å². The Labute approximate surface area is 112 Å². The number of benzene rings is 1. The van der Waals surface area contributed by atoms with E-state index >= 15 is 0 Å². The summed E-state index contributed by atoms with van der Waals surface area (Å²) in [6, 6.07) is 6.01. The van der Waals surface area contributed by atoms with Crippen LogP contribution in [0.15, 0.2) is 30.3 Å². The summed E-state index contributed by atoms with van der Waals surface area (Å²) < 4.78 is 26.4. The number of nitrogens with two attached hydrogens (primary N) is 1. The number of pyridine rings is 1. The van der Waals surface area contributed by atoms with E-state index in [4.69, 9.17) is 17.3 Å². The number of anilines is 2. The van der Waals surface area contributed by atoms with Crippen LogP contribution in [-0.4, -0.2) is 10.9 Å². The Hall–Kier alpha value is -2.21. The summed E-state index contributed by atoms with van der Waals surface area (Å²) in [5, 5.41) is 2.26. The molecule has 1 aromatic heterocycles. The summed E-state index contributed by atoms with van der Waals surface area (Å²) in [5.74, 6) is -2.80. The number of nitrogens with one attached hydrogen (secondary N) is 1. The molecule has 3 N–H and O–H groups in total. The predicted octanol–water partition coefficient (Wildman–Crippen LogP) is 2.85. The Balaban J connectivity index is 2.28. The maximum Gasteiger partial charge on any atom is 0.255 e. The fourth-order valence-corrected chi connectivity index (χ4v) is 1.66. The molecule has 0 saturated carbocycles. The highest BCUT2D eigenvalue weighted by molar-refractivity contribution is 6.30. The normalized spacial score (nSPS) is 10.3. The van der Waals surface area contributed by atoms with Crippen molar-refractivity contribution >= 4 is 29.0 Å². The van der Waals surface area contributed by atoms with Crippen molar-refractivity contribution in [1.82, 2.24) is 4.98 Å². The van der Waals surface area contributed by atoms with Gasteiger partial charge in [0.05, 0.1) is 5.69 Å². The second kappa shape index (κ2) is 5.19. The molecule has 4 nitrogen and oxygen atoms in total. The number of amides is 1. The Bertz CT molecular complexity index is 629. The average molecular weight is 284 g/mol. The molecule has 0 saturated heterocycles. The smallest absolute Gasteiger partial charge is 0.255 e. The standard InChI is InChI=1S/C12H8ClF2N3O/c13-9-4-6(5-10(16)18-9)12(19)17-8-3-1-2-7(14)11(8)15/h1-5H,(H2,16,18)(H,17,19). The number of aromatic nitrogens is 1. The molecule has 0 aliphatic heterocycles. The second-order valence-electron chi connectivity index (χ2n) is 3.66. The number of nitrogens with zero attached hydrogens (tertiary/aromatic N) is 1. The van der Waals surface area contributed by atoms with Crippen LogP contribution in [0.1, 0.15) is 10.4 Å². The summed E-state index contributed by atoms with van der Waals surface area (Å²) in [7, 11) is 0. The van der Waals surface area contributed by atoms with Crippen LogP contribution in [0.5, 0.6) is 0 Å². The lowest BCUT2D eigenvalue weighted by atomic mass is 10.2. The number of carbonyl (C=O) groups is 1. The minimum Gasteiger partial charge on any atom is -0.384 e. The van der Waals surface area contributed by atoms with Crippen molar-refractivity contribution in [1.29, 1.82) is 0 Å². The van der Waals surface area contributed by atoms with E-state index < -0.39 is 17.5 Å². The maximum atomic E-state index is 13.4. The largest absolute Gasteiger partial charge is 0.384 e. The summed E-state index contributed by atoms with van der Waals surface area (Å²) in [6.45, 7) is 0. The first-order valence-corrected chi connectivity index (χ1v) is 5.53. The lowest BCUT2D eigenvalue weighted by Gasteiger charge is -2.07. The third-order valence-electron chi connectivity index (χ3n) is 2.28. The fourth-order valence-electron chi connectivity index (χ4n) is 1.44. The van der Waals surface area contributed by atoms with E-state index in [0.29, 0.717) is 0 Å². The lowest BCUT2D eigenvalue weighted by molar-refractivity contribution is 0.102. The van der Waals surface area contributed by atoms with Crippen molar-refractivity contribution in [3.8, 4) is 0 Å². The lowest BCUT2D eigenvalue weighted by Crippen LogP contribution is -2.14. The predicted molar refractivity (Wildman–Crippen MR) is 68.0 cm³/mol. The van der Waals surface area contributed by atoms with Gasteiger partial charge in [0.15, 0.2) is 11.6 Å². The zero-order valence-corrected chi connectivity index (χ0v) is 10.2. The van der Waals surface area contributed by atoms with Gasteiger partial charge in [0.1, 0.15) is 11.0 Å². The average Bonchev–Trinajstić information content (AvgIpc) is 2.33. The number of rotatable bonds is 2. The summed E-state index contributed by atoms with van der Waals surface area (Å²) in [5.41, 5.74) is 5.27. The first kappa shape index (κ1) is 13.2. The van der Waals surface area contributed by atoms with Crippen LogP contribution in [-0.2, 0) is 0 Å². The van der Waals surface area contributed by atoms with Gasteiger partial charge in [-0.25, -0.2) is 13.8 Å². The topological polar surface area (TPSA) is 68.0 Å². The number of carbonyl (C=O) groups excluding carboxylic acids is 1. The van der Waals surface area contributed by atoms with E-state index in [-0.39, 0.29) is 22.2 Å². The third-order valence-corrected chi connectivity index (χ3v) is 2.47. The van der Waals surface area contributed by atoms with Gasteiger partial charge in [-0.2, -0.15) is 0 Å². The molecule has 0 bridgehead atoms. The first-order valence-electron chi connectivity index (χ1n) is 5.16. The van der Waals surface area contributed by atoms with Gasteiger partial charge in [-0.3, -0.25) is 4.79 Å². The summed E-state index contributed by atoms with van der Waals surface area (Å²) >= 11 is 5.65. The van der Waals surface area contributed by atoms with Gasteiger partial charge in [-0.05, 0) is 24.3 Å². The van der Waals surface area contributed by atoms with Crippen molar-refractivity contribution < 1.29 is 13.6 Å². The maximum absolute atomic E-state index is 13.4. The third kappa shape index (κ3) is 2.97. The quantitative estimate of drug-likeness (QED) is 0.833. The highest BCUT2D eigenvalue weighted by atomic mass is 35.5. The molecule has 0 aliphatic carbocycles. The molecule has 1 aromatic carbocycles. The Kier molecular flexibility index (Phi) is 3.62. The van der Waals surface area contributed by atoms with Gasteiger partial charge in [0, 0.05) is 5.56 Å². The molecule has 7 heteroatoms. The zero-order valence-electron chi connectivity index (χ0n) is 9.45. The van der Waals surface area contributed by atoms with Crippen LogP contribution in [0.3, 0.4) is 0 Å². The van der Waals surface area contributed by atoms with Gasteiger partial charge in [-0.1, -0.05) is 17.7 Å². The van der Waals surface area contributed by atoms with E-state index in [2.05, 4.69) is 10.3 Å². The van der Waals surface area contributed by atoms with Gasteiger partial charge in [0.2, 0.25) is 0 Å². The number of hydrogen-bond donors (Lipinski definition) is 2. The van der Waals surface area contributed by atoms with Crippen LogP contribution >= 0.6 is 11.6 Å². The highest BCUT2D eigenvalue weighted by Gasteiger charge is 2.13. The van der Waals surface area contributed by atoms with Crippen LogP contribution < -0.4 is 11.1 Å². The molecule has 0 unspecified atom stereocenters. The molecule has 2 rings (SSSR count). The number of halogens is 3. The van der Waals surface area contributed by atoms with Gasteiger partial charge < -0.3 is 11.1 Å². The molecular weight excluding hydrogens is 276 g/mol. The summed E-state index contributed by atoms with van der Waals surface area (Å²) in [4.78, 5) is 15.5. The molecule has 98 valence electrons. The second-order valence-corrected chi connectivity index (χ2v) is 4.05. The molecular formula is C12H8ClF2N3O. The Morgan fingerprint density at radius 2 is 2.05 bits per heavy atom. The molecule has 1 amide bonds. The number of hydrogen-bond acceptors (Lipinski definition) is 3. The summed E-state index contributed by atoms with van der Waals surface area (Å²) in [6.07, 6.45) is 0. The van der Waals surface area contributed by atoms with E-state index in [1.165, 1.54) is 24.3 Å². The van der Waals surface area contributed by atoms with Gasteiger partial charge in [-0.15, -0.1) is 0 Å². The van der Waals surface area contributed by atoms with Crippen LogP contribution in [0.25, 0.3) is 0 Å². The zero-order chi connectivity index (χ0) is 14.0. The molecule has 1 heterocycles. The van der Waals surface area contributed by atoms with Crippen molar-refractivity contribution in [2.24, 2.45) is 0 Å². The Morgan fingerprint density at radius 3 is 2.74 bits per heavy atom. The monoisotopic (exact) mass is 283 g/mol. The van der Waals surface area contributed by atoms with Gasteiger partial charge in [0.25, 0.3) is 5.91 Å².